The van der Waals surface area contributed by atoms with Gasteiger partial charge in [0.1, 0.15) is 0 Å². The Morgan fingerprint density at radius 1 is 1.38 bits per heavy atom. The van der Waals surface area contributed by atoms with Crippen molar-refractivity contribution in [3.8, 4) is 0 Å². The lowest BCUT2D eigenvalue weighted by atomic mass is 9.55. The topological polar surface area (TPSA) is 20.2 Å². The fourth-order valence-corrected chi connectivity index (χ4v) is 4.07. The molecule has 1 saturated carbocycles. The van der Waals surface area contributed by atoms with Gasteiger partial charge in [-0.25, -0.2) is 0 Å². The van der Waals surface area contributed by atoms with Crippen LogP contribution in [-0.4, -0.2) is 11.2 Å². The summed E-state index contributed by atoms with van der Waals surface area (Å²) in [5.41, 5.74) is 1.80. The van der Waals surface area contributed by atoms with Gasteiger partial charge in [0, 0.05) is 5.92 Å². The summed E-state index contributed by atoms with van der Waals surface area (Å²) in [5.74, 6) is 1.52. The summed E-state index contributed by atoms with van der Waals surface area (Å²) >= 11 is 0. The average Bonchev–Trinajstić information content (AvgIpc) is 2.16. The number of aliphatic hydroxyl groups excluding tert-OH is 1. The summed E-state index contributed by atoms with van der Waals surface area (Å²) in [5, 5.41) is 10.6. The number of aliphatic hydroxyl groups is 1. The average molecular weight is 222 g/mol. The number of allylic oxidation sites excluding steroid dienone is 1. The van der Waals surface area contributed by atoms with Crippen LogP contribution in [0.25, 0.3) is 0 Å². The van der Waals surface area contributed by atoms with Crippen LogP contribution in [0.5, 0.6) is 0 Å². The van der Waals surface area contributed by atoms with Crippen LogP contribution in [0.2, 0.25) is 0 Å². The minimum Gasteiger partial charge on any atom is -0.392 e. The molecule has 1 heteroatoms. The van der Waals surface area contributed by atoms with E-state index in [9.17, 15) is 5.11 Å². The lowest BCUT2D eigenvalue weighted by molar-refractivity contribution is -0.0609. The third-order valence-corrected chi connectivity index (χ3v) is 5.11. The van der Waals surface area contributed by atoms with Crippen molar-refractivity contribution < 1.29 is 5.11 Å². The third-order valence-electron chi connectivity index (χ3n) is 5.11. The standard InChI is InChI=1S/C15H26O/c1-10(2)12-7-9-15(4)8-5-6-11(3)13(15)14(12)16/h6,10,12-14,16H,5,7-9H2,1-4H3. The van der Waals surface area contributed by atoms with E-state index >= 15 is 0 Å². The molecule has 0 aromatic carbocycles. The van der Waals surface area contributed by atoms with Crippen LogP contribution >= 0.6 is 0 Å². The van der Waals surface area contributed by atoms with Gasteiger partial charge >= 0.3 is 0 Å². The first kappa shape index (κ1) is 12.2. The largest absolute Gasteiger partial charge is 0.392 e. The van der Waals surface area contributed by atoms with E-state index in [0.717, 1.165) is 0 Å². The predicted octanol–water partition coefficient (Wildman–Crippen LogP) is 3.78. The zero-order chi connectivity index (χ0) is 11.9. The zero-order valence-corrected chi connectivity index (χ0v) is 11.2. The van der Waals surface area contributed by atoms with E-state index in [1.807, 2.05) is 0 Å². The highest BCUT2D eigenvalue weighted by Gasteiger charge is 2.47. The second-order valence-electron chi connectivity index (χ2n) is 6.56. The number of hydrogen-bond donors (Lipinski definition) is 1. The Bertz CT molecular complexity index is 292. The fourth-order valence-electron chi connectivity index (χ4n) is 4.07. The highest BCUT2D eigenvalue weighted by atomic mass is 16.3. The molecular formula is C15H26O. The number of rotatable bonds is 1. The van der Waals surface area contributed by atoms with E-state index in [0.29, 0.717) is 23.2 Å². The molecule has 0 bridgehead atoms. The van der Waals surface area contributed by atoms with Gasteiger partial charge in [0.2, 0.25) is 0 Å². The molecule has 2 rings (SSSR count). The Morgan fingerprint density at radius 2 is 2.06 bits per heavy atom. The van der Waals surface area contributed by atoms with Crippen molar-refractivity contribution in [3.63, 3.8) is 0 Å². The van der Waals surface area contributed by atoms with E-state index in [-0.39, 0.29) is 6.10 Å². The molecule has 1 fully saturated rings. The first-order valence-electron chi connectivity index (χ1n) is 6.80. The molecule has 0 spiro atoms. The molecule has 92 valence electrons. The van der Waals surface area contributed by atoms with Crippen molar-refractivity contribution in [1.82, 2.24) is 0 Å². The van der Waals surface area contributed by atoms with Crippen molar-refractivity contribution in [2.24, 2.45) is 23.2 Å². The van der Waals surface area contributed by atoms with E-state index < -0.39 is 0 Å². The van der Waals surface area contributed by atoms with E-state index in [2.05, 4.69) is 33.8 Å². The van der Waals surface area contributed by atoms with Crippen LogP contribution in [-0.2, 0) is 0 Å². The van der Waals surface area contributed by atoms with Crippen molar-refractivity contribution in [1.29, 1.82) is 0 Å². The van der Waals surface area contributed by atoms with Gasteiger partial charge in [0.25, 0.3) is 0 Å². The Hall–Kier alpha value is -0.300. The predicted molar refractivity (Wildman–Crippen MR) is 68.2 cm³/mol. The van der Waals surface area contributed by atoms with Crippen LogP contribution in [0.3, 0.4) is 0 Å². The summed E-state index contributed by atoms with van der Waals surface area (Å²) in [6, 6.07) is 0. The molecule has 0 heterocycles. The van der Waals surface area contributed by atoms with Gasteiger partial charge in [-0.2, -0.15) is 0 Å². The zero-order valence-electron chi connectivity index (χ0n) is 11.2. The van der Waals surface area contributed by atoms with Gasteiger partial charge in [0.15, 0.2) is 0 Å². The SMILES string of the molecule is CC1=CCCC2(C)CCC(C(C)C)C(O)C12. The molecule has 0 radical (unpaired) electrons. The number of hydrogen-bond acceptors (Lipinski definition) is 1. The van der Waals surface area contributed by atoms with Gasteiger partial charge in [-0.15, -0.1) is 0 Å². The van der Waals surface area contributed by atoms with Crippen molar-refractivity contribution in [2.45, 2.75) is 59.5 Å². The second kappa shape index (κ2) is 4.18. The highest BCUT2D eigenvalue weighted by Crippen LogP contribution is 2.53. The monoisotopic (exact) mass is 222 g/mol. The smallest absolute Gasteiger partial charge is 0.0641 e. The molecule has 4 atom stereocenters. The van der Waals surface area contributed by atoms with Gasteiger partial charge in [-0.1, -0.05) is 32.4 Å². The Balaban J connectivity index is 2.27. The third kappa shape index (κ3) is 1.84. The van der Waals surface area contributed by atoms with Crippen LogP contribution in [0.1, 0.15) is 53.4 Å². The maximum absolute atomic E-state index is 10.6. The quantitative estimate of drug-likeness (QED) is 0.669. The molecule has 1 nitrogen and oxygen atoms in total. The van der Waals surface area contributed by atoms with Crippen molar-refractivity contribution in [3.05, 3.63) is 11.6 Å². The molecule has 16 heavy (non-hydrogen) atoms. The van der Waals surface area contributed by atoms with E-state index in [1.54, 1.807) is 0 Å². The Labute approximate surface area is 99.9 Å². The summed E-state index contributed by atoms with van der Waals surface area (Å²) in [6.45, 7) is 9.10. The molecule has 0 aliphatic heterocycles. The maximum atomic E-state index is 10.6. The summed E-state index contributed by atoms with van der Waals surface area (Å²) in [4.78, 5) is 0. The second-order valence-corrected chi connectivity index (χ2v) is 6.56. The molecule has 0 aromatic rings. The molecule has 0 saturated heterocycles. The van der Waals surface area contributed by atoms with Crippen LogP contribution in [0.15, 0.2) is 11.6 Å². The summed E-state index contributed by atoms with van der Waals surface area (Å²) < 4.78 is 0. The first-order chi connectivity index (χ1) is 7.46. The molecule has 0 aromatic heterocycles. The summed E-state index contributed by atoms with van der Waals surface area (Å²) in [6.07, 6.45) is 7.20. The minimum absolute atomic E-state index is 0.115. The highest BCUT2D eigenvalue weighted by molar-refractivity contribution is 5.17. The summed E-state index contributed by atoms with van der Waals surface area (Å²) in [7, 11) is 0. The van der Waals surface area contributed by atoms with Gasteiger partial charge in [-0.3, -0.25) is 0 Å². The maximum Gasteiger partial charge on any atom is 0.0641 e. The Morgan fingerprint density at radius 3 is 2.69 bits per heavy atom. The van der Waals surface area contributed by atoms with E-state index in [1.165, 1.54) is 31.3 Å². The lowest BCUT2D eigenvalue weighted by Gasteiger charge is -2.51. The van der Waals surface area contributed by atoms with Gasteiger partial charge in [0.05, 0.1) is 6.10 Å². The van der Waals surface area contributed by atoms with Crippen molar-refractivity contribution >= 4 is 0 Å². The van der Waals surface area contributed by atoms with Crippen molar-refractivity contribution in [2.75, 3.05) is 0 Å². The Kier molecular flexibility index (Phi) is 3.18. The minimum atomic E-state index is -0.115. The lowest BCUT2D eigenvalue weighted by Crippen LogP contribution is -2.48. The van der Waals surface area contributed by atoms with Gasteiger partial charge < -0.3 is 5.11 Å². The molecule has 2 aliphatic rings. The van der Waals surface area contributed by atoms with Crippen LogP contribution in [0, 0.1) is 23.2 Å². The van der Waals surface area contributed by atoms with E-state index in [4.69, 9.17) is 0 Å². The molecule has 2 aliphatic carbocycles. The van der Waals surface area contributed by atoms with Crippen LogP contribution < -0.4 is 0 Å². The van der Waals surface area contributed by atoms with Crippen LogP contribution in [0.4, 0.5) is 0 Å². The molecular weight excluding hydrogens is 196 g/mol. The number of fused-ring (bicyclic) bond motifs is 1. The normalized spacial score (nSPS) is 44.1. The molecule has 4 unspecified atom stereocenters. The first-order valence-corrected chi connectivity index (χ1v) is 6.80. The molecule has 0 amide bonds. The van der Waals surface area contributed by atoms with Gasteiger partial charge in [-0.05, 0) is 49.9 Å². The fraction of sp³-hybridized carbons (Fsp3) is 0.867. The molecule has 1 N–H and O–H groups in total.